The molecule has 0 saturated carbocycles. The zero-order valence-corrected chi connectivity index (χ0v) is 18.7. The number of anilines is 2. The van der Waals surface area contributed by atoms with Crippen molar-refractivity contribution in [1.82, 2.24) is 9.97 Å². The van der Waals surface area contributed by atoms with Crippen LogP contribution in [-0.4, -0.2) is 48.6 Å². The van der Waals surface area contributed by atoms with Crippen LogP contribution in [0.1, 0.15) is 6.42 Å². The molecule has 0 aliphatic carbocycles. The van der Waals surface area contributed by atoms with Gasteiger partial charge in [0.25, 0.3) is 0 Å². The van der Waals surface area contributed by atoms with Crippen LogP contribution < -0.4 is 14.8 Å². The molecule has 2 aliphatic heterocycles. The zero-order valence-electron chi connectivity index (χ0n) is 16.4. The monoisotopic (exact) mass is 481 g/mol. The largest absolute Gasteiger partial charge is 0.493 e. The molecule has 0 spiro atoms. The maximum Gasteiger partial charge on any atom is 0.164 e. The van der Waals surface area contributed by atoms with Gasteiger partial charge in [-0.2, -0.15) is 0 Å². The fourth-order valence-electron chi connectivity index (χ4n) is 3.87. The van der Waals surface area contributed by atoms with Crippen LogP contribution in [0.4, 0.5) is 11.5 Å². The van der Waals surface area contributed by atoms with E-state index in [2.05, 4.69) is 15.3 Å². The first-order valence-electron chi connectivity index (χ1n) is 9.67. The summed E-state index contributed by atoms with van der Waals surface area (Å²) in [4.78, 5) is 8.75. The molecule has 162 valence electrons. The second kappa shape index (κ2) is 8.48. The maximum atomic E-state index is 6.22. The highest BCUT2D eigenvalue weighted by atomic mass is 35.5. The number of aromatic nitrogens is 2. The number of hydrogen-bond donors (Lipinski definition) is 1. The van der Waals surface area contributed by atoms with Gasteiger partial charge in [0.2, 0.25) is 0 Å². The molecule has 2 fully saturated rings. The summed E-state index contributed by atoms with van der Waals surface area (Å²) in [7, 11) is 1.59. The maximum absolute atomic E-state index is 6.22. The fraction of sp³-hybridized carbons (Fsp3) is 0.333. The summed E-state index contributed by atoms with van der Waals surface area (Å²) < 4.78 is 23.4. The fourth-order valence-corrected chi connectivity index (χ4v) is 4.47. The van der Waals surface area contributed by atoms with Crippen LogP contribution in [0.15, 0.2) is 30.6 Å². The third kappa shape index (κ3) is 3.97. The van der Waals surface area contributed by atoms with E-state index in [1.807, 2.05) is 12.1 Å². The molecule has 3 atom stereocenters. The molecule has 0 bridgehead atoms. The molecule has 1 aromatic heterocycles. The Balaban J connectivity index is 1.48. The Bertz CT molecular complexity index is 1120. The number of ether oxygens (including phenoxy) is 4. The lowest BCUT2D eigenvalue weighted by molar-refractivity contribution is 0.0298. The summed E-state index contributed by atoms with van der Waals surface area (Å²) >= 11 is 18.3. The van der Waals surface area contributed by atoms with Gasteiger partial charge in [-0.3, -0.25) is 0 Å². The Morgan fingerprint density at radius 2 is 1.84 bits per heavy atom. The number of hydrogen-bond acceptors (Lipinski definition) is 7. The van der Waals surface area contributed by atoms with Crippen molar-refractivity contribution < 1.29 is 18.9 Å². The van der Waals surface area contributed by atoms with Gasteiger partial charge in [0.15, 0.2) is 17.6 Å². The number of methoxy groups -OCH3 is 1. The summed E-state index contributed by atoms with van der Waals surface area (Å²) in [6, 6.07) is 7.01. The number of rotatable bonds is 5. The summed E-state index contributed by atoms with van der Waals surface area (Å²) in [6.45, 7) is 1.16. The van der Waals surface area contributed by atoms with Crippen molar-refractivity contribution in [2.75, 3.05) is 25.6 Å². The first-order valence-corrected chi connectivity index (χ1v) is 10.8. The Morgan fingerprint density at radius 3 is 2.61 bits per heavy atom. The Labute approximate surface area is 193 Å². The van der Waals surface area contributed by atoms with Crippen LogP contribution in [0, 0.1) is 0 Å². The minimum absolute atomic E-state index is 0.0672. The molecule has 0 radical (unpaired) electrons. The molecule has 31 heavy (non-hydrogen) atoms. The number of halogens is 3. The molecular weight excluding hydrogens is 465 g/mol. The summed E-state index contributed by atoms with van der Waals surface area (Å²) in [5.41, 5.74) is 1.33. The second-order valence-corrected chi connectivity index (χ2v) is 8.47. The molecule has 5 rings (SSSR count). The molecule has 3 heterocycles. The van der Waals surface area contributed by atoms with Crippen molar-refractivity contribution in [1.29, 1.82) is 0 Å². The highest BCUT2D eigenvalue weighted by molar-refractivity contribution is 6.48. The summed E-state index contributed by atoms with van der Waals surface area (Å²) in [5, 5.41) is 4.94. The van der Waals surface area contributed by atoms with Crippen molar-refractivity contribution in [2.24, 2.45) is 0 Å². The average molecular weight is 483 g/mol. The third-order valence-electron chi connectivity index (χ3n) is 5.37. The second-order valence-electron chi connectivity index (χ2n) is 7.27. The van der Waals surface area contributed by atoms with E-state index < -0.39 is 0 Å². The van der Waals surface area contributed by atoms with E-state index in [1.165, 1.54) is 6.33 Å². The van der Waals surface area contributed by atoms with Crippen molar-refractivity contribution in [3.8, 4) is 11.5 Å². The van der Waals surface area contributed by atoms with E-state index in [-0.39, 0.29) is 18.3 Å². The zero-order chi connectivity index (χ0) is 21.5. The van der Waals surface area contributed by atoms with Gasteiger partial charge in [-0.25, -0.2) is 9.97 Å². The Hall–Kier alpha value is -2.03. The molecule has 3 aromatic rings. The van der Waals surface area contributed by atoms with Gasteiger partial charge in [0, 0.05) is 23.7 Å². The third-order valence-corrected chi connectivity index (χ3v) is 6.56. The minimum Gasteiger partial charge on any atom is -0.493 e. The number of nitrogens with zero attached hydrogens (tertiary/aromatic N) is 2. The van der Waals surface area contributed by atoms with Gasteiger partial charge >= 0.3 is 0 Å². The minimum atomic E-state index is -0.198. The Morgan fingerprint density at radius 1 is 1.03 bits per heavy atom. The van der Waals surface area contributed by atoms with Crippen LogP contribution in [0.3, 0.4) is 0 Å². The molecule has 2 aromatic carbocycles. The smallest absolute Gasteiger partial charge is 0.164 e. The lowest BCUT2D eigenvalue weighted by Gasteiger charge is -2.20. The standard InChI is InChI=1S/C21H18Cl3N3O4/c1-28-16-6-11-14(7-17(16)31-18-8-30-15-2-3-29-20(15)18)25-9-26-21(11)27-10-4-12(22)19(24)13(23)5-10/h4-7,9,15,18,20H,2-3,8H2,1H3,(H,25,26,27)/t15?,18-,20?/m1/s1. The van der Waals surface area contributed by atoms with E-state index in [9.17, 15) is 0 Å². The van der Waals surface area contributed by atoms with Gasteiger partial charge in [-0.15, -0.1) is 0 Å². The number of fused-ring (bicyclic) bond motifs is 2. The van der Waals surface area contributed by atoms with Gasteiger partial charge in [-0.05, 0) is 24.6 Å². The van der Waals surface area contributed by atoms with Crippen LogP contribution in [-0.2, 0) is 9.47 Å². The van der Waals surface area contributed by atoms with Crippen LogP contribution >= 0.6 is 34.8 Å². The predicted octanol–water partition coefficient (Wildman–Crippen LogP) is 5.28. The highest BCUT2D eigenvalue weighted by Gasteiger charge is 2.43. The molecule has 10 heteroatoms. The molecule has 7 nitrogen and oxygen atoms in total. The van der Waals surface area contributed by atoms with Gasteiger partial charge in [-0.1, -0.05) is 34.8 Å². The van der Waals surface area contributed by atoms with Crippen molar-refractivity contribution >= 4 is 57.2 Å². The Kier molecular flexibility index (Phi) is 5.71. The SMILES string of the molecule is COc1cc2c(Nc3cc(Cl)c(Cl)c(Cl)c3)ncnc2cc1O[C@@H]1COC2CCOC21. The van der Waals surface area contributed by atoms with Crippen LogP contribution in [0.25, 0.3) is 10.9 Å². The van der Waals surface area contributed by atoms with E-state index in [0.29, 0.717) is 56.8 Å². The quantitative estimate of drug-likeness (QED) is 0.496. The number of benzene rings is 2. The first kappa shape index (κ1) is 20.8. The lowest BCUT2D eigenvalue weighted by atomic mass is 10.1. The van der Waals surface area contributed by atoms with Gasteiger partial charge in [0.05, 0.1) is 40.4 Å². The first-order chi connectivity index (χ1) is 15.0. The van der Waals surface area contributed by atoms with Gasteiger partial charge in [0.1, 0.15) is 18.2 Å². The highest BCUT2D eigenvalue weighted by Crippen LogP contribution is 2.39. The van der Waals surface area contributed by atoms with E-state index >= 15 is 0 Å². The van der Waals surface area contributed by atoms with Crippen LogP contribution in [0.5, 0.6) is 11.5 Å². The molecule has 1 N–H and O–H groups in total. The topological polar surface area (TPSA) is 74.7 Å². The molecule has 2 aliphatic rings. The van der Waals surface area contributed by atoms with Crippen molar-refractivity contribution in [2.45, 2.75) is 24.7 Å². The molecule has 2 unspecified atom stereocenters. The number of nitrogens with one attached hydrogen (secondary N) is 1. The van der Waals surface area contributed by atoms with E-state index in [0.717, 1.165) is 11.8 Å². The summed E-state index contributed by atoms with van der Waals surface area (Å²) in [6.07, 6.45) is 2.18. The molecule has 2 saturated heterocycles. The van der Waals surface area contributed by atoms with Crippen molar-refractivity contribution in [3.63, 3.8) is 0 Å². The van der Waals surface area contributed by atoms with E-state index in [4.69, 9.17) is 53.8 Å². The predicted molar refractivity (Wildman–Crippen MR) is 119 cm³/mol. The van der Waals surface area contributed by atoms with Crippen LogP contribution in [0.2, 0.25) is 15.1 Å². The normalized spacial score (nSPS) is 22.5. The molecular formula is C21H18Cl3N3O4. The van der Waals surface area contributed by atoms with Crippen molar-refractivity contribution in [3.05, 3.63) is 45.7 Å². The summed E-state index contributed by atoms with van der Waals surface area (Å²) in [5.74, 6) is 1.69. The molecule has 0 amide bonds. The van der Waals surface area contributed by atoms with Gasteiger partial charge < -0.3 is 24.3 Å². The average Bonchev–Trinajstić information content (AvgIpc) is 3.37. The lowest BCUT2D eigenvalue weighted by Crippen LogP contribution is -2.32. The van der Waals surface area contributed by atoms with E-state index in [1.54, 1.807) is 19.2 Å².